The van der Waals surface area contributed by atoms with Crippen LogP contribution in [0.5, 0.6) is 0 Å². The van der Waals surface area contributed by atoms with Crippen LogP contribution in [0.4, 0.5) is 0 Å². The van der Waals surface area contributed by atoms with Gasteiger partial charge in [0, 0.05) is 18.8 Å². The molecule has 0 aliphatic rings. The maximum atomic E-state index is 5.25. The zero-order chi connectivity index (χ0) is 11.4. The lowest BCUT2D eigenvalue weighted by molar-refractivity contribution is 0.475. The molecule has 4 nitrogen and oxygen atoms in total. The first-order valence-electron chi connectivity index (χ1n) is 5.51. The minimum Gasteiger partial charge on any atom is -0.468 e. The Bertz CT molecular complexity index is 417. The minimum absolute atomic E-state index is 0.447. The van der Waals surface area contributed by atoms with Gasteiger partial charge in [0.25, 0.3) is 0 Å². The van der Waals surface area contributed by atoms with E-state index in [-0.39, 0.29) is 0 Å². The number of aromatic nitrogens is 2. The van der Waals surface area contributed by atoms with Crippen molar-refractivity contribution in [2.45, 2.75) is 33.0 Å². The van der Waals surface area contributed by atoms with Crippen LogP contribution < -0.4 is 5.32 Å². The molecule has 0 atom stereocenters. The molecule has 2 aromatic rings. The van der Waals surface area contributed by atoms with Crippen LogP contribution in [0, 0.1) is 0 Å². The highest BCUT2D eigenvalue weighted by Crippen LogP contribution is 2.08. The third-order valence-corrected chi connectivity index (χ3v) is 2.49. The number of nitrogens with zero attached hydrogens (tertiary/aromatic N) is 2. The van der Waals surface area contributed by atoms with E-state index in [1.807, 2.05) is 24.7 Å². The summed E-state index contributed by atoms with van der Waals surface area (Å²) in [7, 11) is 0. The van der Waals surface area contributed by atoms with E-state index < -0.39 is 0 Å². The second-order valence-corrected chi connectivity index (χ2v) is 4.07. The fraction of sp³-hybridized carbons (Fsp3) is 0.417. The van der Waals surface area contributed by atoms with E-state index in [4.69, 9.17) is 4.42 Å². The largest absolute Gasteiger partial charge is 0.468 e. The molecule has 0 bridgehead atoms. The van der Waals surface area contributed by atoms with Gasteiger partial charge in [-0.25, -0.2) is 4.98 Å². The van der Waals surface area contributed by atoms with Crippen LogP contribution in [0.2, 0.25) is 0 Å². The van der Waals surface area contributed by atoms with Crippen LogP contribution in [0.15, 0.2) is 35.3 Å². The van der Waals surface area contributed by atoms with E-state index in [1.165, 1.54) is 5.69 Å². The van der Waals surface area contributed by atoms with Crippen molar-refractivity contribution in [3.05, 3.63) is 42.4 Å². The molecular weight excluding hydrogens is 202 g/mol. The Morgan fingerprint density at radius 2 is 2.31 bits per heavy atom. The first kappa shape index (κ1) is 11.0. The third kappa shape index (κ3) is 2.52. The van der Waals surface area contributed by atoms with Gasteiger partial charge in [-0.1, -0.05) is 0 Å². The Kier molecular flexibility index (Phi) is 3.41. The molecule has 0 radical (unpaired) electrons. The summed E-state index contributed by atoms with van der Waals surface area (Å²) in [6, 6.07) is 4.31. The fourth-order valence-corrected chi connectivity index (χ4v) is 1.66. The van der Waals surface area contributed by atoms with Crippen molar-refractivity contribution in [3.8, 4) is 0 Å². The first-order valence-corrected chi connectivity index (χ1v) is 5.51. The molecule has 0 aliphatic carbocycles. The standard InChI is InChI=1S/C12H17N3O/c1-10(2)15-9-14-7-11(15)6-13-8-12-4-3-5-16-12/h3-5,7,9-10,13H,6,8H2,1-2H3. The summed E-state index contributed by atoms with van der Waals surface area (Å²) in [5.41, 5.74) is 1.20. The molecule has 0 unspecified atom stereocenters. The van der Waals surface area contributed by atoms with Gasteiger partial charge in [0.2, 0.25) is 0 Å². The van der Waals surface area contributed by atoms with Gasteiger partial charge in [-0.15, -0.1) is 0 Å². The number of hydrogen-bond acceptors (Lipinski definition) is 3. The molecule has 0 spiro atoms. The van der Waals surface area contributed by atoms with Crippen molar-refractivity contribution < 1.29 is 4.42 Å². The maximum absolute atomic E-state index is 5.25. The summed E-state index contributed by atoms with van der Waals surface area (Å²) >= 11 is 0. The number of hydrogen-bond donors (Lipinski definition) is 1. The van der Waals surface area contributed by atoms with E-state index in [1.54, 1.807) is 6.26 Å². The summed E-state index contributed by atoms with van der Waals surface area (Å²) in [6.07, 6.45) is 5.46. The van der Waals surface area contributed by atoms with Crippen molar-refractivity contribution in [1.29, 1.82) is 0 Å². The van der Waals surface area contributed by atoms with Crippen molar-refractivity contribution in [1.82, 2.24) is 14.9 Å². The van der Waals surface area contributed by atoms with E-state index in [0.29, 0.717) is 6.04 Å². The predicted molar refractivity (Wildman–Crippen MR) is 61.9 cm³/mol. The molecule has 4 heteroatoms. The Hall–Kier alpha value is -1.55. The first-order chi connectivity index (χ1) is 7.77. The van der Waals surface area contributed by atoms with Crippen LogP contribution in [0.1, 0.15) is 31.3 Å². The molecule has 86 valence electrons. The summed E-state index contributed by atoms with van der Waals surface area (Å²) < 4.78 is 7.41. The van der Waals surface area contributed by atoms with Gasteiger partial charge in [-0.3, -0.25) is 0 Å². The zero-order valence-corrected chi connectivity index (χ0v) is 9.68. The molecule has 2 aromatic heterocycles. The van der Waals surface area contributed by atoms with E-state index in [2.05, 4.69) is 28.7 Å². The zero-order valence-electron chi connectivity index (χ0n) is 9.68. The van der Waals surface area contributed by atoms with Gasteiger partial charge in [-0.2, -0.15) is 0 Å². The average Bonchev–Trinajstić information content (AvgIpc) is 2.87. The number of rotatable bonds is 5. The van der Waals surface area contributed by atoms with Gasteiger partial charge in [0.1, 0.15) is 5.76 Å². The second kappa shape index (κ2) is 4.99. The third-order valence-electron chi connectivity index (χ3n) is 2.49. The Morgan fingerprint density at radius 3 is 3.00 bits per heavy atom. The summed E-state index contributed by atoms with van der Waals surface area (Å²) in [4.78, 5) is 4.16. The van der Waals surface area contributed by atoms with Crippen molar-refractivity contribution in [2.24, 2.45) is 0 Å². The molecule has 0 saturated carbocycles. The van der Waals surface area contributed by atoms with Gasteiger partial charge in [-0.05, 0) is 26.0 Å². The van der Waals surface area contributed by atoms with Gasteiger partial charge in [0.05, 0.1) is 24.8 Å². The molecule has 2 rings (SSSR count). The highest BCUT2D eigenvalue weighted by atomic mass is 16.3. The summed E-state index contributed by atoms with van der Waals surface area (Å²) in [5.74, 6) is 0.954. The number of imidazole rings is 1. The lowest BCUT2D eigenvalue weighted by atomic mass is 10.3. The normalized spacial score (nSPS) is 11.2. The lowest BCUT2D eigenvalue weighted by Crippen LogP contribution is -2.16. The molecular formula is C12H17N3O. The van der Waals surface area contributed by atoms with E-state index in [9.17, 15) is 0 Å². The minimum atomic E-state index is 0.447. The van der Waals surface area contributed by atoms with Crippen LogP contribution in [0.25, 0.3) is 0 Å². The van der Waals surface area contributed by atoms with E-state index in [0.717, 1.165) is 18.8 Å². The summed E-state index contributed by atoms with van der Waals surface area (Å²) in [5, 5.41) is 3.33. The molecule has 2 heterocycles. The van der Waals surface area contributed by atoms with Crippen LogP contribution in [-0.4, -0.2) is 9.55 Å². The summed E-state index contributed by atoms with van der Waals surface area (Å²) in [6.45, 7) is 5.85. The quantitative estimate of drug-likeness (QED) is 0.839. The van der Waals surface area contributed by atoms with Gasteiger partial charge >= 0.3 is 0 Å². The Labute approximate surface area is 95.3 Å². The molecule has 16 heavy (non-hydrogen) atoms. The SMILES string of the molecule is CC(C)n1cncc1CNCc1ccco1. The number of furan rings is 1. The van der Waals surface area contributed by atoms with Crippen LogP contribution >= 0.6 is 0 Å². The molecule has 0 aromatic carbocycles. The maximum Gasteiger partial charge on any atom is 0.117 e. The Morgan fingerprint density at radius 1 is 1.44 bits per heavy atom. The fourth-order valence-electron chi connectivity index (χ4n) is 1.66. The smallest absolute Gasteiger partial charge is 0.117 e. The van der Waals surface area contributed by atoms with Gasteiger partial charge < -0.3 is 14.3 Å². The topological polar surface area (TPSA) is 43.0 Å². The molecule has 0 saturated heterocycles. The van der Waals surface area contributed by atoms with Crippen LogP contribution in [-0.2, 0) is 13.1 Å². The van der Waals surface area contributed by atoms with E-state index >= 15 is 0 Å². The monoisotopic (exact) mass is 219 g/mol. The highest BCUT2D eigenvalue weighted by molar-refractivity contribution is 5.01. The average molecular weight is 219 g/mol. The Balaban J connectivity index is 1.87. The molecule has 0 aliphatic heterocycles. The highest BCUT2D eigenvalue weighted by Gasteiger charge is 2.04. The second-order valence-electron chi connectivity index (χ2n) is 4.07. The molecule has 0 amide bonds. The number of nitrogens with one attached hydrogen (secondary N) is 1. The van der Waals surface area contributed by atoms with Crippen LogP contribution in [0.3, 0.4) is 0 Å². The van der Waals surface area contributed by atoms with Crippen molar-refractivity contribution in [3.63, 3.8) is 0 Å². The lowest BCUT2D eigenvalue weighted by Gasteiger charge is -2.11. The van der Waals surface area contributed by atoms with Gasteiger partial charge in [0.15, 0.2) is 0 Å². The van der Waals surface area contributed by atoms with Crippen molar-refractivity contribution >= 4 is 0 Å². The molecule has 1 N–H and O–H groups in total. The molecule has 0 fully saturated rings. The predicted octanol–water partition coefficient (Wildman–Crippen LogP) is 2.35. The van der Waals surface area contributed by atoms with Crippen molar-refractivity contribution in [2.75, 3.05) is 0 Å².